The lowest BCUT2D eigenvalue weighted by molar-refractivity contribution is 0.237. The Bertz CT molecular complexity index is 537. The Hall–Kier alpha value is -1.79. The highest BCUT2D eigenvalue weighted by molar-refractivity contribution is 5.73. The monoisotopic (exact) mass is 346 g/mol. The highest BCUT2D eigenvalue weighted by atomic mass is 16.3. The smallest absolute Gasteiger partial charge is 0.315 e. The fraction of sp³-hybridized carbons (Fsp3) is 0.632. The fourth-order valence-corrected chi connectivity index (χ4v) is 3.20. The van der Waals surface area contributed by atoms with Crippen LogP contribution >= 0.6 is 0 Å². The van der Waals surface area contributed by atoms with E-state index in [1.807, 2.05) is 0 Å². The van der Waals surface area contributed by atoms with Crippen LogP contribution in [0, 0.1) is 5.92 Å². The Kier molecular flexibility index (Phi) is 6.53. The zero-order valence-corrected chi connectivity index (χ0v) is 14.9. The van der Waals surface area contributed by atoms with Gasteiger partial charge in [-0.05, 0) is 42.9 Å². The molecule has 1 saturated carbocycles. The van der Waals surface area contributed by atoms with E-state index in [-0.39, 0.29) is 12.6 Å². The molecule has 2 aliphatic rings. The van der Waals surface area contributed by atoms with Gasteiger partial charge in [-0.3, -0.25) is 4.90 Å². The third kappa shape index (κ3) is 5.90. The Morgan fingerprint density at radius 3 is 2.44 bits per heavy atom. The minimum atomic E-state index is -0.190. The van der Waals surface area contributed by atoms with Crippen molar-refractivity contribution in [2.24, 2.45) is 5.92 Å². The average Bonchev–Trinajstić information content (AvgIpc) is 3.45. The molecule has 0 atom stereocenters. The Morgan fingerprint density at radius 2 is 1.80 bits per heavy atom. The lowest BCUT2D eigenvalue weighted by atomic mass is 10.1. The SMILES string of the molecule is O=C(NCCCO)NCc1ccc(N2CCN(CC3CC3)CC2)cc1. The van der Waals surface area contributed by atoms with Gasteiger partial charge in [0.25, 0.3) is 0 Å². The molecule has 6 heteroatoms. The number of nitrogens with one attached hydrogen (secondary N) is 2. The van der Waals surface area contributed by atoms with Crippen LogP contribution in [0.3, 0.4) is 0 Å². The summed E-state index contributed by atoms with van der Waals surface area (Å²) in [5, 5.41) is 14.2. The number of hydrogen-bond donors (Lipinski definition) is 3. The van der Waals surface area contributed by atoms with Crippen molar-refractivity contribution in [1.29, 1.82) is 0 Å². The molecule has 1 aliphatic heterocycles. The van der Waals surface area contributed by atoms with Gasteiger partial charge in [0.05, 0.1) is 0 Å². The summed E-state index contributed by atoms with van der Waals surface area (Å²) in [6.45, 7) is 6.90. The summed E-state index contributed by atoms with van der Waals surface area (Å²) in [6, 6.07) is 8.28. The van der Waals surface area contributed by atoms with Crippen LogP contribution in [0.1, 0.15) is 24.8 Å². The molecule has 0 bridgehead atoms. The molecule has 138 valence electrons. The minimum absolute atomic E-state index is 0.0938. The van der Waals surface area contributed by atoms with Crippen molar-refractivity contribution >= 4 is 11.7 Å². The van der Waals surface area contributed by atoms with E-state index in [1.165, 1.54) is 25.1 Å². The topological polar surface area (TPSA) is 67.8 Å². The highest BCUT2D eigenvalue weighted by Crippen LogP contribution is 2.30. The maximum Gasteiger partial charge on any atom is 0.315 e. The molecule has 0 spiro atoms. The van der Waals surface area contributed by atoms with Gasteiger partial charge >= 0.3 is 6.03 Å². The number of piperazine rings is 1. The van der Waals surface area contributed by atoms with Crippen molar-refractivity contribution < 1.29 is 9.90 Å². The molecule has 1 aliphatic carbocycles. The molecule has 6 nitrogen and oxygen atoms in total. The number of carbonyl (C=O) groups excluding carboxylic acids is 1. The molecule has 1 aromatic rings. The van der Waals surface area contributed by atoms with Gasteiger partial charge in [-0.25, -0.2) is 4.79 Å². The van der Waals surface area contributed by atoms with Gasteiger partial charge in [0.1, 0.15) is 0 Å². The number of amides is 2. The summed E-state index contributed by atoms with van der Waals surface area (Å²) in [7, 11) is 0. The van der Waals surface area contributed by atoms with Crippen LogP contribution in [-0.2, 0) is 6.54 Å². The second-order valence-corrected chi connectivity index (χ2v) is 7.08. The molecule has 1 saturated heterocycles. The molecule has 1 aromatic carbocycles. The second kappa shape index (κ2) is 9.06. The third-order valence-corrected chi connectivity index (χ3v) is 4.96. The normalized spacial score (nSPS) is 18.2. The van der Waals surface area contributed by atoms with Gasteiger partial charge in [-0.1, -0.05) is 12.1 Å². The van der Waals surface area contributed by atoms with Crippen LogP contribution in [0.2, 0.25) is 0 Å². The summed E-state index contributed by atoms with van der Waals surface area (Å²) in [5.41, 5.74) is 2.36. The van der Waals surface area contributed by atoms with E-state index in [0.717, 1.165) is 37.7 Å². The maximum absolute atomic E-state index is 11.6. The summed E-state index contributed by atoms with van der Waals surface area (Å²) in [6.07, 6.45) is 3.43. The first-order chi connectivity index (χ1) is 12.2. The van der Waals surface area contributed by atoms with Crippen LogP contribution < -0.4 is 15.5 Å². The highest BCUT2D eigenvalue weighted by Gasteiger charge is 2.26. The molecule has 2 amide bonds. The first-order valence-corrected chi connectivity index (χ1v) is 9.43. The number of hydrogen-bond acceptors (Lipinski definition) is 4. The number of aliphatic hydroxyl groups excluding tert-OH is 1. The molecule has 3 N–H and O–H groups in total. The van der Waals surface area contributed by atoms with Gasteiger partial charge in [0.15, 0.2) is 0 Å². The predicted molar refractivity (Wildman–Crippen MR) is 99.8 cm³/mol. The van der Waals surface area contributed by atoms with Crippen LogP contribution in [0.25, 0.3) is 0 Å². The minimum Gasteiger partial charge on any atom is -0.396 e. The van der Waals surface area contributed by atoms with Crippen molar-refractivity contribution in [1.82, 2.24) is 15.5 Å². The first-order valence-electron chi connectivity index (χ1n) is 9.43. The third-order valence-electron chi connectivity index (χ3n) is 4.96. The number of carbonyl (C=O) groups is 1. The molecule has 2 fully saturated rings. The quantitative estimate of drug-likeness (QED) is 0.623. The Labute approximate surface area is 150 Å². The zero-order valence-electron chi connectivity index (χ0n) is 14.9. The first kappa shape index (κ1) is 18.0. The van der Waals surface area contributed by atoms with Crippen molar-refractivity contribution in [3.05, 3.63) is 29.8 Å². The number of benzene rings is 1. The number of aliphatic hydroxyl groups is 1. The predicted octanol–water partition coefficient (Wildman–Crippen LogP) is 1.40. The van der Waals surface area contributed by atoms with E-state index in [4.69, 9.17) is 5.11 Å². The van der Waals surface area contributed by atoms with E-state index in [0.29, 0.717) is 19.5 Å². The Morgan fingerprint density at radius 1 is 1.08 bits per heavy atom. The lowest BCUT2D eigenvalue weighted by Gasteiger charge is -2.36. The molecule has 3 rings (SSSR count). The van der Waals surface area contributed by atoms with Crippen molar-refractivity contribution in [2.45, 2.75) is 25.8 Å². The molecular formula is C19H30N4O2. The summed E-state index contributed by atoms with van der Waals surface area (Å²) < 4.78 is 0. The molecule has 25 heavy (non-hydrogen) atoms. The molecule has 0 radical (unpaired) electrons. The van der Waals surface area contributed by atoms with Crippen molar-refractivity contribution in [3.63, 3.8) is 0 Å². The molecule has 1 heterocycles. The van der Waals surface area contributed by atoms with Crippen LogP contribution in [0.4, 0.5) is 10.5 Å². The van der Waals surface area contributed by atoms with E-state index in [1.54, 1.807) is 0 Å². The van der Waals surface area contributed by atoms with Crippen molar-refractivity contribution in [2.75, 3.05) is 50.8 Å². The number of rotatable bonds is 8. The second-order valence-electron chi connectivity index (χ2n) is 7.08. The number of urea groups is 1. The number of anilines is 1. The van der Waals surface area contributed by atoms with Gasteiger partial charge in [-0.15, -0.1) is 0 Å². The number of nitrogens with zero attached hydrogens (tertiary/aromatic N) is 2. The molecular weight excluding hydrogens is 316 g/mol. The summed E-state index contributed by atoms with van der Waals surface area (Å²) in [5.74, 6) is 0.971. The summed E-state index contributed by atoms with van der Waals surface area (Å²) in [4.78, 5) is 16.6. The molecule has 0 unspecified atom stereocenters. The van der Waals surface area contributed by atoms with E-state index in [2.05, 4.69) is 44.7 Å². The van der Waals surface area contributed by atoms with Gasteiger partial charge < -0.3 is 20.6 Å². The van der Waals surface area contributed by atoms with Gasteiger partial charge in [0.2, 0.25) is 0 Å². The van der Waals surface area contributed by atoms with E-state index in [9.17, 15) is 4.79 Å². The van der Waals surface area contributed by atoms with Gasteiger partial charge in [-0.2, -0.15) is 0 Å². The average molecular weight is 346 g/mol. The maximum atomic E-state index is 11.6. The lowest BCUT2D eigenvalue weighted by Crippen LogP contribution is -2.47. The van der Waals surface area contributed by atoms with Gasteiger partial charge in [0, 0.05) is 58.1 Å². The van der Waals surface area contributed by atoms with Crippen LogP contribution in [0.5, 0.6) is 0 Å². The fourth-order valence-electron chi connectivity index (χ4n) is 3.20. The van der Waals surface area contributed by atoms with E-state index < -0.39 is 0 Å². The van der Waals surface area contributed by atoms with E-state index >= 15 is 0 Å². The zero-order chi connectivity index (χ0) is 17.5. The van der Waals surface area contributed by atoms with Crippen LogP contribution in [-0.4, -0.2) is 61.9 Å². The van der Waals surface area contributed by atoms with Crippen LogP contribution in [0.15, 0.2) is 24.3 Å². The summed E-state index contributed by atoms with van der Waals surface area (Å²) >= 11 is 0. The van der Waals surface area contributed by atoms with Crippen molar-refractivity contribution in [3.8, 4) is 0 Å². The Balaban J connectivity index is 1.39. The molecule has 0 aromatic heterocycles. The largest absolute Gasteiger partial charge is 0.396 e. The standard InChI is InChI=1S/C19H30N4O2/c24-13-1-8-20-19(25)21-14-16-4-6-18(7-5-16)23-11-9-22(10-12-23)15-17-2-3-17/h4-7,17,24H,1-3,8-15H2,(H2,20,21,25).